The molecule has 0 radical (unpaired) electrons. The number of aryl methyl sites for hydroxylation is 1. The van der Waals surface area contributed by atoms with Crippen molar-refractivity contribution in [3.05, 3.63) is 29.3 Å². The summed E-state index contributed by atoms with van der Waals surface area (Å²) in [6.45, 7) is 5.73. The normalized spacial score (nSPS) is 16.7. The molecule has 0 fully saturated rings. The van der Waals surface area contributed by atoms with Crippen molar-refractivity contribution in [2.75, 3.05) is 11.9 Å². The lowest BCUT2D eigenvalue weighted by atomic mass is 9.95. The van der Waals surface area contributed by atoms with Crippen molar-refractivity contribution in [2.24, 2.45) is 5.92 Å². The number of fused-ring (bicyclic) bond motifs is 1. The van der Waals surface area contributed by atoms with E-state index in [1.54, 1.807) is 0 Å². The van der Waals surface area contributed by atoms with Crippen LogP contribution in [0.5, 0.6) is 0 Å². The number of benzene rings is 1. The van der Waals surface area contributed by atoms with E-state index >= 15 is 0 Å². The smallest absolute Gasteiger partial charge is 0.0375 e. The van der Waals surface area contributed by atoms with Crippen LogP contribution in [0.2, 0.25) is 0 Å². The molecule has 82 valence electrons. The molecule has 1 nitrogen and oxygen atoms in total. The fourth-order valence-electron chi connectivity index (χ4n) is 2.18. The third kappa shape index (κ3) is 2.53. The average molecular weight is 203 g/mol. The predicted octanol–water partition coefficient (Wildman–Crippen LogP) is 3.63. The standard InChI is InChI=1S/C14H21N/c1-3-11(2)9-12-6-7-13-5-4-8-15-14(13)10-12/h6-7,10-11,15H,3-5,8-9H2,1-2H3. The minimum atomic E-state index is 0.798. The van der Waals surface area contributed by atoms with Gasteiger partial charge in [0.25, 0.3) is 0 Å². The van der Waals surface area contributed by atoms with Crippen LogP contribution in [-0.2, 0) is 12.8 Å². The Balaban J connectivity index is 2.13. The molecule has 0 bridgehead atoms. The minimum absolute atomic E-state index is 0.798. The second kappa shape index (κ2) is 4.69. The molecule has 1 N–H and O–H groups in total. The summed E-state index contributed by atoms with van der Waals surface area (Å²) in [5.74, 6) is 0.798. The van der Waals surface area contributed by atoms with E-state index in [1.807, 2.05) is 0 Å². The van der Waals surface area contributed by atoms with E-state index in [9.17, 15) is 0 Å². The minimum Gasteiger partial charge on any atom is -0.385 e. The fourth-order valence-corrected chi connectivity index (χ4v) is 2.18. The summed E-state index contributed by atoms with van der Waals surface area (Å²) in [6.07, 6.45) is 5.00. The zero-order valence-corrected chi connectivity index (χ0v) is 9.84. The lowest BCUT2D eigenvalue weighted by Crippen LogP contribution is -2.12. The van der Waals surface area contributed by atoms with Gasteiger partial charge in [0.15, 0.2) is 0 Å². The van der Waals surface area contributed by atoms with Crippen LogP contribution in [0.25, 0.3) is 0 Å². The summed E-state index contributed by atoms with van der Waals surface area (Å²) in [5.41, 5.74) is 4.36. The molecule has 1 heterocycles. The molecule has 1 unspecified atom stereocenters. The molecule has 0 aromatic heterocycles. The van der Waals surface area contributed by atoms with Crippen molar-refractivity contribution in [3.8, 4) is 0 Å². The molecule has 1 heteroatoms. The molecule has 2 rings (SSSR count). The quantitative estimate of drug-likeness (QED) is 0.791. The van der Waals surface area contributed by atoms with Crippen LogP contribution in [0.4, 0.5) is 5.69 Å². The number of hydrogen-bond donors (Lipinski definition) is 1. The van der Waals surface area contributed by atoms with Crippen molar-refractivity contribution in [1.82, 2.24) is 0 Å². The third-order valence-corrected chi connectivity index (χ3v) is 3.39. The van der Waals surface area contributed by atoms with Crippen LogP contribution in [-0.4, -0.2) is 6.54 Å². The Hall–Kier alpha value is -0.980. The Kier molecular flexibility index (Phi) is 3.30. The lowest BCUT2D eigenvalue weighted by molar-refractivity contribution is 0.560. The Labute approximate surface area is 92.9 Å². The Morgan fingerprint density at radius 2 is 2.27 bits per heavy atom. The molecule has 1 aliphatic rings. The van der Waals surface area contributed by atoms with Crippen LogP contribution >= 0.6 is 0 Å². The number of nitrogens with one attached hydrogen (secondary N) is 1. The van der Waals surface area contributed by atoms with Gasteiger partial charge in [-0.2, -0.15) is 0 Å². The molecule has 0 aliphatic carbocycles. The number of hydrogen-bond acceptors (Lipinski definition) is 1. The lowest BCUT2D eigenvalue weighted by Gasteiger charge is -2.19. The monoisotopic (exact) mass is 203 g/mol. The maximum atomic E-state index is 3.49. The van der Waals surface area contributed by atoms with Crippen molar-refractivity contribution < 1.29 is 0 Å². The van der Waals surface area contributed by atoms with Gasteiger partial charge in [-0.15, -0.1) is 0 Å². The van der Waals surface area contributed by atoms with E-state index in [-0.39, 0.29) is 0 Å². The van der Waals surface area contributed by atoms with Crippen LogP contribution in [0, 0.1) is 5.92 Å². The summed E-state index contributed by atoms with van der Waals surface area (Å²) in [6, 6.07) is 6.96. The van der Waals surface area contributed by atoms with Crippen molar-refractivity contribution in [3.63, 3.8) is 0 Å². The summed E-state index contributed by atoms with van der Waals surface area (Å²) >= 11 is 0. The fraction of sp³-hybridized carbons (Fsp3) is 0.571. The molecule has 1 atom stereocenters. The largest absolute Gasteiger partial charge is 0.385 e. The van der Waals surface area contributed by atoms with Gasteiger partial charge in [-0.25, -0.2) is 0 Å². The zero-order chi connectivity index (χ0) is 10.7. The molecule has 1 aromatic carbocycles. The Morgan fingerprint density at radius 1 is 1.40 bits per heavy atom. The Bertz CT molecular complexity index is 330. The predicted molar refractivity (Wildman–Crippen MR) is 66.4 cm³/mol. The highest BCUT2D eigenvalue weighted by atomic mass is 14.9. The van der Waals surface area contributed by atoms with Gasteiger partial charge in [0.1, 0.15) is 0 Å². The number of rotatable bonds is 3. The first kappa shape index (κ1) is 10.5. The highest BCUT2D eigenvalue weighted by Crippen LogP contribution is 2.24. The van der Waals surface area contributed by atoms with Gasteiger partial charge in [-0.3, -0.25) is 0 Å². The highest BCUT2D eigenvalue weighted by molar-refractivity contribution is 5.54. The van der Waals surface area contributed by atoms with Crippen LogP contribution in [0.1, 0.15) is 37.8 Å². The second-order valence-corrected chi connectivity index (χ2v) is 4.74. The average Bonchev–Trinajstić information content (AvgIpc) is 2.29. The molecular formula is C14H21N. The first-order valence-corrected chi connectivity index (χ1v) is 6.15. The van der Waals surface area contributed by atoms with Crippen molar-refractivity contribution in [2.45, 2.75) is 39.5 Å². The molecule has 0 spiro atoms. The van der Waals surface area contributed by atoms with E-state index in [1.165, 1.54) is 42.5 Å². The highest BCUT2D eigenvalue weighted by Gasteiger charge is 2.09. The molecule has 15 heavy (non-hydrogen) atoms. The van der Waals surface area contributed by atoms with E-state index in [4.69, 9.17) is 0 Å². The van der Waals surface area contributed by atoms with Crippen LogP contribution < -0.4 is 5.32 Å². The van der Waals surface area contributed by atoms with E-state index < -0.39 is 0 Å². The molecule has 0 amide bonds. The molecule has 0 saturated heterocycles. The van der Waals surface area contributed by atoms with Crippen LogP contribution in [0.15, 0.2) is 18.2 Å². The van der Waals surface area contributed by atoms with Crippen LogP contribution in [0.3, 0.4) is 0 Å². The molecule has 1 aromatic rings. The molecule has 0 saturated carbocycles. The van der Waals surface area contributed by atoms with Gasteiger partial charge in [0, 0.05) is 12.2 Å². The van der Waals surface area contributed by atoms with E-state index in [0.29, 0.717) is 0 Å². The summed E-state index contributed by atoms with van der Waals surface area (Å²) in [7, 11) is 0. The second-order valence-electron chi connectivity index (χ2n) is 4.74. The van der Waals surface area contributed by atoms with E-state index in [2.05, 4.69) is 37.4 Å². The van der Waals surface area contributed by atoms with Gasteiger partial charge in [0.2, 0.25) is 0 Å². The van der Waals surface area contributed by atoms with Crippen molar-refractivity contribution >= 4 is 5.69 Å². The third-order valence-electron chi connectivity index (χ3n) is 3.39. The van der Waals surface area contributed by atoms with E-state index in [0.717, 1.165) is 12.5 Å². The van der Waals surface area contributed by atoms with Gasteiger partial charge in [0.05, 0.1) is 0 Å². The maximum absolute atomic E-state index is 3.49. The summed E-state index contributed by atoms with van der Waals surface area (Å²) < 4.78 is 0. The molecule has 1 aliphatic heterocycles. The molecular weight excluding hydrogens is 182 g/mol. The Morgan fingerprint density at radius 3 is 3.07 bits per heavy atom. The zero-order valence-electron chi connectivity index (χ0n) is 9.84. The van der Waals surface area contributed by atoms with Gasteiger partial charge in [-0.1, -0.05) is 32.4 Å². The summed E-state index contributed by atoms with van der Waals surface area (Å²) in [4.78, 5) is 0. The topological polar surface area (TPSA) is 12.0 Å². The van der Waals surface area contributed by atoms with Gasteiger partial charge < -0.3 is 5.32 Å². The number of anilines is 1. The summed E-state index contributed by atoms with van der Waals surface area (Å²) in [5, 5.41) is 3.49. The SMILES string of the molecule is CCC(C)Cc1ccc2c(c1)NCCC2. The van der Waals surface area contributed by atoms with Gasteiger partial charge in [-0.05, 0) is 42.4 Å². The maximum Gasteiger partial charge on any atom is 0.0375 e. The van der Waals surface area contributed by atoms with Crippen molar-refractivity contribution in [1.29, 1.82) is 0 Å². The first-order valence-electron chi connectivity index (χ1n) is 6.15. The van der Waals surface area contributed by atoms with Gasteiger partial charge >= 0.3 is 0 Å². The first-order chi connectivity index (χ1) is 7.29.